The van der Waals surface area contributed by atoms with Crippen LogP contribution >= 0.6 is 11.3 Å². The molecule has 7 nitrogen and oxygen atoms in total. The van der Waals surface area contributed by atoms with Crippen molar-refractivity contribution in [1.29, 1.82) is 0 Å². The number of nitrogens with one attached hydrogen (secondary N) is 1. The molecule has 0 spiro atoms. The van der Waals surface area contributed by atoms with Crippen molar-refractivity contribution < 1.29 is 13.2 Å². The highest BCUT2D eigenvalue weighted by Crippen LogP contribution is 2.27. The Balaban J connectivity index is 1.73. The Labute approximate surface area is 163 Å². The van der Waals surface area contributed by atoms with E-state index in [2.05, 4.69) is 29.4 Å². The van der Waals surface area contributed by atoms with Crippen molar-refractivity contribution in [3.63, 3.8) is 0 Å². The summed E-state index contributed by atoms with van der Waals surface area (Å²) >= 11 is 1.33. The zero-order valence-corrected chi connectivity index (χ0v) is 17.3. The zero-order valence-electron chi connectivity index (χ0n) is 15.7. The first-order valence-electron chi connectivity index (χ1n) is 9.03. The number of carbonyl (C=O) groups excluding carboxylic acids is 1. The van der Waals surface area contributed by atoms with Crippen LogP contribution in [0.1, 0.15) is 42.6 Å². The number of carbonyl (C=O) groups is 1. The number of rotatable bonds is 5. The molecule has 146 valence electrons. The van der Waals surface area contributed by atoms with Crippen LogP contribution in [0.4, 0.5) is 5.13 Å². The molecule has 27 heavy (non-hydrogen) atoms. The molecule has 1 aliphatic rings. The van der Waals surface area contributed by atoms with Gasteiger partial charge in [0.05, 0.1) is 4.90 Å². The summed E-state index contributed by atoms with van der Waals surface area (Å²) in [6, 6.07) is 6.04. The average Bonchev–Trinajstić information content (AvgIpc) is 3.08. The fourth-order valence-electron chi connectivity index (χ4n) is 3.35. The first-order valence-corrected chi connectivity index (χ1v) is 11.3. The molecule has 1 saturated heterocycles. The first kappa shape index (κ1) is 19.9. The van der Waals surface area contributed by atoms with Crippen molar-refractivity contribution in [2.75, 3.05) is 18.4 Å². The van der Waals surface area contributed by atoms with Crippen LogP contribution < -0.4 is 5.32 Å². The number of benzene rings is 1. The highest BCUT2D eigenvalue weighted by atomic mass is 32.2. The molecular formula is C18H24N4O3S2. The lowest BCUT2D eigenvalue weighted by Crippen LogP contribution is -2.42. The highest BCUT2D eigenvalue weighted by molar-refractivity contribution is 7.89. The van der Waals surface area contributed by atoms with Gasteiger partial charge in [0.15, 0.2) is 0 Å². The number of aryl methyl sites for hydroxylation is 1. The number of hydrogen-bond acceptors (Lipinski definition) is 6. The minimum absolute atomic E-state index is 0.213. The Kier molecular flexibility index (Phi) is 5.92. The van der Waals surface area contributed by atoms with Gasteiger partial charge in [-0.3, -0.25) is 10.1 Å². The molecule has 1 aromatic carbocycles. The van der Waals surface area contributed by atoms with Crippen molar-refractivity contribution in [2.24, 2.45) is 11.8 Å². The molecule has 2 heterocycles. The summed E-state index contributed by atoms with van der Waals surface area (Å²) in [4.78, 5) is 12.5. The van der Waals surface area contributed by atoms with Crippen LogP contribution in [0.3, 0.4) is 0 Å². The largest absolute Gasteiger partial charge is 0.296 e. The fraction of sp³-hybridized carbons (Fsp3) is 0.500. The van der Waals surface area contributed by atoms with Crippen LogP contribution in [0.5, 0.6) is 0 Å². The summed E-state index contributed by atoms with van der Waals surface area (Å²) in [7, 11) is -3.55. The zero-order chi connectivity index (χ0) is 19.6. The van der Waals surface area contributed by atoms with Gasteiger partial charge in [-0.2, -0.15) is 4.31 Å². The number of amides is 1. The Hall–Kier alpha value is -1.84. The van der Waals surface area contributed by atoms with Gasteiger partial charge in [0.25, 0.3) is 5.91 Å². The lowest BCUT2D eigenvalue weighted by molar-refractivity contribution is 0.102. The molecule has 0 radical (unpaired) electrons. The second kappa shape index (κ2) is 8.04. The summed E-state index contributed by atoms with van der Waals surface area (Å²) in [5, 5.41) is 11.9. The van der Waals surface area contributed by atoms with Crippen LogP contribution in [0.2, 0.25) is 0 Å². The summed E-state index contributed by atoms with van der Waals surface area (Å²) in [6.45, 7) is 7.18. The predicted octanol–water partition coefficient (Wildman–Crippen LogP) is 3.02. The summed E-state index contributed by atoms with van der Waals surface area (Å²) in [5.41, 5.74) is 0.377. The maximum Gasteiger partial charge on any atom is 0.257 e. The Morgan fingerprint density at radius 2 is 1.81 bits per heavy atom. The van der Waals surface area contributed by atoms with Crippen LogP contribution in [0, 0.1) is 11.8 Å². The van der Waals surface area contributed by atoms with Gasteiger partial charge in [-0.05, 0) is 48.9 Å². The van der Waals surface area contributed by atoms with E-state index in [-0.39, 0.29) is 10.8 Å². The monoisotopic (exact) mass is 408 g/mol. The molecule has 2 aromatic rings. The molecule has 1 fully saturated rings. The Bertz CT molecular complexity index is 899. The molecule has 0 unspecified atom stereocenters. The van der Waals surface area contributed by atoms with E-state index in [0.717, 1.165) is 17.8 Å². The molecule has 0 aliphatic carbocycles. The lowest BCUT2D eigenvalue weighted by atomic mass is 9.94. The second-order valence-electron chi connectivity index (χ2n) is 7.10. The first-order chi connectivity index (χ1) is 12.8. The van der Waals surface area contributed by atoms with Gasteiger partial charge in [0.2, 0.25) is 15.2 Å². The Morgan fingerprint density at radius 1 is 1.19 bits per heavy atom. The minimum atomic E-state index is -3.55. The maximum atomic E-state index is 12.9. The summed E-state index contributed by atoms with van der Waals surface area (Å²) in [6.07, 6.45) is 1.80. The third kappa shape index (κ3) is 4.53. The van der Waals surface area contributed by atoms with E-state index in [1.165, 1.54) is 35.6 Å². The second-order valence-corrected chi connectivity index (χ2v) is 10.1. The number of hydrogen-bond donors (Lipinski definition) is 1. The number of anilines is 1. The van der Waals surface area contributed by atoms with E-state index < -0.39 is 10.0 Å². The number of piperidine rings is 1. The van der Waals surface area contributed by atoms with Gasteiger partial charge in [0, 0.05) is 18.7 Å². The van der Waals surface area contributed by atoms with E-state index in [9.17, 15) is 13.2 Å². The van der Waals surface area contributed by atoms with Gasteiger partial charge in [-0.25, -0.2) is 8.42 Å². The maximum absolute atomic E-state index is 12.9. The molecule has 1 aliphatic heterocycles. The molecule has 1 aromatic heterocycles. The van der Waals surface area contributed by atoms with Gasteiger partial charge in [-0.15, -0.1) is 10.2 Å². The van der Waals surface area contributed by atoms with Crippen molar-refractivity contribution in [2.45, 2.75) is 38.5 Å². The van der Waals surface area contributed by atoms with E-state index >= 15 is 0 Å². The molecule has 9 heteroatoms. The predicted molar refractivity (Wildman–Crippen MR) is 105 cm³/mol. The van der Waals surface area contributed by atoms with E-state index in [1.807, 2.05) is 6.92 Å². The number of aromatic nitrogens is 2. The third-order valence-corrected chi connectivity index (χ3v) is 7.41. The average molecular weight is 409 g/mol. The Morgan fingerprint density at radius 3 is 2.37 bits per heavy atom. The molecule has 1 N–H and O–H groups in total. The van der Waals surface area contributed by atoms with Crippen molar-refractivity contribution in [1.82, 2.24) is 14.5 Å². The standard InChI is InChI=1S/C18H24N4O3S2/c1-4-16-20-21-18(26-16)19-17(23)14-5-7-15(8-6-14)27(24,25)22-10-12(2)9-13(3)11-22/h5-8,12-13H,4,9-11H2,1-3H3,(H,19,21,23)/t12-,13-/m0/s1. The molecule has 1 amide bonds. The summed E-state index contributed by atoms with van der Waals surface area (Å²) in [5.74, 6) is 0.347. The van der Waals surface area contributed by atoms with Crippen LogP contribution in [-0.2, 0) is 16.4 Å². The minimum Gasteiger partial charge on any atom is -0.296 e. The van der Waals surface area contributed by atoms with Crippen molar-refractivity contribution in [3.05, 3.63) is 34.8 Å². The lowest BCUT2D eigenvalue weighted by Gasteiger charge is -2.34. The van der Waals surface area contributed by atoms with Gasteiger partial charge >= 0.3 is 0 Å². The molecular weight excluding hydrogens is 384 g/mol. The van der Waals surface area contributed by atoms with Crippen molar-refractivity contribution in [3.8, 4) is 0 Å². The molecule has 2 atom stereocenters. The van der Waals surface area contributed by atoms with Crippen LogP contribution in [0.15, 0.2) is 29.2 Å². The van der Waals surface area contributed by atoms with Crippen LogP contribution in [-0.4, -0.2) is 41.9 Å². The third-order valence-electron chi connectivity index (χ3n) is 4.58. The quantitative estimate of drug-likeness (QED) is 0.821. The van der Waals surface area contributed by atoms with Gasteiger partial charge < -0.3 is 0 Å². The highest BCUT2D eigenvalue weighted by Gasteiger charge is 2.31. The van der Waals surface area contributed by atoms with E-state index in [0.29, 0.717) is 35.6 Å². The van der Waals surface area contributed by atoms with E-state index in [4.69, 9.17) is 0 Å². The number of sulfonamides is 1. The van der Waals surface area contributed by atoms with Crippen molar-refractivity contribution >= 4 is 32.4 Å². The molecule has 0 saturated carbocycles. The van der Waals surface area contributed by atoms with Gasteiger partial charge in [0.1, 0.15) is 5.01 Å². The normalized spacial score (nSPS) is 21.1. The summed E-state index contributed by atoms with van der Waals surface area (Å²) < 4.78 is 27.3. The smallest absolute Gasteiger partial charge is 0.257 e. The molecule has 3 rings (SSSR count). The topological polar surface area (TPSA) is 92.3 Å². The van der Waals surface area contributed by atoms with Crippen LogP contribution in [0.25, 0.3) is 0 Å². The van der Waals surface area contributed by atoms with Gasteiger partial charge in [-0.1, -0.05) is 32.1 Å². The van der Waals surface area contributed by atoms with E-state index in [1.54, 1.807) is 4.31 Å². The fourth-order valence-corrected chi connectivity index (χ4v) is 5.70. The SMILES string of the molecule is CCc1nnc(NC(=O)c2ccc(S(=O)(=O)N3C[C@@H](C)C[C@H](C)C3)cc2)s1. The molecule has 0 bridgehead atoms. The number of nitrogens with zero attached hydrogens (tertiary/aromatic N) is 3.